The van der Waals surface area contributed by atoms with Gasteiger partial charge in [0.1, 0.15) is 17.5 Å². The number of aliphatic imine (C=N–C) groups is 1. The lowest BCUT2D eigenvalue weighted by Crippen LogP contribution is -3.06. The van der Waals surface area contributed by atoms with E-state index in [1.807, 2.05) is 24.3 Å². The van der Waals surface area contributed by atoms with E-state index in [1.54, 1.807) is 25.5 Å². The minimum Gasteiger partial charge on any atom is -0.507 e. The van der Waals surface area contributed by atoms with Crippen molar-refractivity contribution in [3.63, 3.8) is 0 Å². The Hall–Kier alpha value is -1.85. The highest BCUT2D eigenvalue weighted by atomic mass is 79.9. The molecular formula is C18H22BrN2O2+. The fourth-order valence-corrected chi connectivity index (χ4v) is 2.81. The molecule has 0 unspecified atom stereocenters. The molecule has 0 bridgehead atoms. The SMILES string of the molecule is COc1ccccc1[C@@H](CN=Cc1cc(Br)ccc1O)[NH+](C)C. The lowest BCUT2D eigenvalue weighted by atomic mass is 10.0. The molecule has 2 rings (SSSR count). The van der Waals surface area contributed by atoms with Crippen molar-refractivity contribution in [1.82, 2.24) is 0 Å². The number of benzene rings is 2. The molecule has 4 nitrogen and oxygen atoms in total. The summed E-state index contributed by atoms with van der Waals surface area (Å²) in [5.41, 5.74) is 1.83. The number of nitrogens with one attached hydrogen (secondary N) is 1. The van der Waals surface area contributed by atoms with Crippen molar-refractivity contribution in [3.8, 4) is 11.5 Å². The normalized spacial score (nSPS) is 12.7. The van der Waals surface area contributed by atoms with Crippen LogP contribution in [0.4, 0.5) is 0 Å². The van der Waals surface area contributed by atoms with E-state index in [0.717, 1.165) is 15.8 Å². The predicted molar refractivity (Wildman–Crippen MR) is 96.8 cm³/mol. The molecule has 0 radical (unpaired) electrons. The van der Waals surface area contributed by atoms with Crippen molar-refractivity contribution >= 4 is 22.1 Å². The van der Waals surface area contributed by atoms with E-state index < -0.39 is 0 Å². The number of phenols is 1. The van der Waals surface area contributed by atoms with E-state index in [-0.39, 0.29) is 11.8 Å². The zero-order chi connectivity index (χ0) is 16.8. The first-order valence-electron chi connectivity index (χ1n) is 7.44. The molecule has 5 heteroatoms. The van der Waals surface area contributed by atoms with Crippen molar-refractivity contribution in [2.75, 3.05) is 27.7 Å². The maximum absolute atomic E-state index is 9.87. The van der Waals surface area contributed by atoms with Gasteiger partial charge in [0.25, 0.3) is 0 Å². The quantitative estimate of drug-likeness (QED) is 0.759. The lowest BCUT2D eigenvalue weighted by molar-refractivity contribution is -0.890. The molecule has 2 aromatic carbocycles. The Kier molecular flexibility index (Phi) is 6.19. The molecule has 23 heavy (non-hydrogen) atoms. The molecule has 0 fully saturated rings. The average molecular weight is 378 g/mol. The van der Waals surface area contributed by atoms with Crippen LogP contribution in [-0.4, -0.2) is 39.1 Å². The monoisotopic (exact) mass is 377 g/mol. The zero-order valence-corrected chi connectivity index (χ0v) is 15.2. The Balaban J connectivity index is 2.20. The van der Waals surface area contributed by atoms with Gasteiger partial charge < -0.3 is 14.7 Å². The van der Waals surface area contributed by atoms with Gasteiger partial charge in [0.2, 0.25) is 0 Å². The average Bonchev–Trinajstić information content (AvgIpc) is 2.54. The molecule has 122 valence electrons. The number of para-hydroxylation sites is 1. The van der Waals surface area contributed by atoms with Gasteiger partial charge in [-0.15, -0.1) is 0 Å². The summed E-state index contributed by atoms with van der Waals surface area (Å²) < 4.78 is 6.38. The van der Waals surface area contributed by atoms with Crippen molar-refractivity contribution in [2.24, 2.45) is 4.99 Å². The van der Waals surface area contributed by atoms with Crippen LogP contribution in [0.25, 0.3) is 0 Å². The number of quaternary nitrogens is 1. The highest BCUT2D eigenvalue weighted by Gasteiger charge is 2.20. The van der Waals surface area contributed by atoms with Crippen molar-refractivity contribution in [3.05, 3.63) is 58.1 Å². The maximum atomic E-state index is 9.87. The number of phenolic OH excluding ortho intramolecular Hbond substituents is 1. The number of nitrogens with zero attached hydrogens (tertiary/aromatic N) is 1. The Morgan fingerprint density at radius 1 is 1.26 bits per heavy atom. The summed E-state index contributed by atoms with van der Waals surface area (Å²) in [6.45, 7) is 0.606. The fraction of sp³-hybridized carbons (Fsp3) is 0.278. The first kappa shape index (κ1) is 17.5. The van der Waals surface area contributed by atoms with Crippen LogP contribution < -0.4 is 9.64 Å². The Labute approximate surface area is 145 Å². The van der Waals surface area contributed by atoms with Gasteiger partial charge >= 0.3 is 0 Å². The first-order chi connectivity index (χ1) is 11.0. The van der Waals surface area contributed by atoms with Crippen LogP contribution in [0, 0.1) is 0 Å². The van der Waals surface area contributed by atoms with Crippen LogP contribution in [0.5, 0.6) is 11.5 Å². The number of hydrogen-bond acceptors (Lipinski definition) is 3. The molecule has 1 atom stereocenters. The van der Waals surface area contributed by atoms with Crippen LogP contribution in [0.2, 0.25) is 0 Å². The van der Waals surface area contributed by atoms with Gasteiger partial charge in [0.15, 0.2) is 0 Å². The van der Waals surface area contributed by atoms with E-state index >= 15 is 0 Å². The number of likely N-dealkylation sites (N-methyl/N-ethyl adjacent to an activating group) is 1. The van der Waals surface area contributed by atoms with E-state index in [4.69, 9.17) is 4.74 Å². The number of hydrogen-bond donors (Lipinski definition) is 2. The van der Waals surface area contributed by atoms with Gasteiger partial charge in [-0.2, -0.15) is 0 Å². The summed E-state index contributed by atoms with van der Waals surface area (Å²) in [6, 6.07) is 13.5. The molecule has 0 amide bonds. The summed E-state index contributed by atoms with van der Waals surface area (Å²) in [7, 11) is 5.89. The fourth-order valence-electron chi connectivity index (χ4n) is 2.43. The summed E-state index contributed by atoms with van der Waals surface area (Å²) >= 11 is 3.40. The third-order valence-electron chi connectivity index (χ3n) is 3.72. The van der Waals surface area contributed by atoms with Gasteiger partial charge in [-0.05, 0) is 30.3 Å². The molecule has 0 saturated carbocycles. The zero-order valence-electron chi connectivity index (χ0n) is 13.6. The number of methoxy groups -OCH3 is 1. The third-order valence-corrected chi connectivity index (χ3v) is 4.21. The maximum Gasteiger partial charge on any atom is 0.136 e. The molecule has 0 aromatic heterocycles. The first-order valence-corrected chi connectivity index (χ1v) is 8.23. The largest absolute Gasteiger partial charge is 0.507 e. The highest BCUT2D eigenvalue weighted by Crippen LogP contribution is 2.24. The second-order valence-corrected chi connectivity index (χ2v) is 6.48. The van der Waals surface area contributed by atoms with Crippen molar-refractivity contribution in [2.45, 2.75) is 6.04 Å². The minimum atomic E-state index is 0.177. The molecule has 0 aliphatic heterocycles. The van der Waals surface area contributed by atoms with E-state index in [1.165, 1.54) is 4.90 Å². The van der Waals surface area contributed by atoms with Crippen LogP contribution in [-0.2, 0) is 0 Å². The van der Waals surface area contributed by atoms with E-state index in [0.29, 0.717) is 12.1 Å². The summed E-state index contributed by atoms with van der Waals surface area (Å²) in [5, 5.41) is 9.87. The predicted octanol–water partition coefficient (Wildman–Crippen LogP) is 2.47. The summed E-state index contributed by atoms with van der Waals surface area (Å²) in [4.78, 5) is 5.80. The molecule has 0 heterocycles. The lowest BCUT2D eigenvalue weighted by Gasteiger charge is -2.21. The molecule has 0 saturated heterocycles. The number of aromatic hydroxyl groups is 1. The smallest absolute Gasteiger partial charge is 0.136 e. The number of rotatable bonds is 6. The number of ether oxygens (including phenoxy) is 1. The summed E-state index contributed by atoms with van der Waals surface area (Å²) in [6.07, 6.45) is 1.71. The van der Waals surface area contributed by atoms with Gasteiger partial charge in [-0.3, -0.25) is 4.99 Å². The Morgan fingerprint density at radius 3 is 2.70 bits per heavy atom. The van der Waals surface area contributed by atoms with Gasteiger partial charge in [-0.25, -0.2) is 0 Å². The number of halogens is 1. The van der Waals surface area contributed by atoms with Crippen molar-refractivity contribution in [1.29, 1.82) is 0 Å². The minimum absolute atomic E-state index is 0.177. The van der Waals surface area contributed by atoms with Crippen LogP contribution in [0.15, 0.2) is 51.9 Å². The van der Waals surface area contributed by atoms with E-state index in [9.17, 15) is 5.11 Å². The van der Waals surface area contributed by atoms with Gasteiger partial charge in [0.05, 0.1) is 33.3 Å². The molecule has 2 aromatic rings. The molecule has 0 aliphatic carbocycles. The van der Waals surface area contributed by atoms with Crippen LogP contribution in [0.1, 0.15) is 17.2 Å². The van der Waals surface area contributed by atoms with Crippen LogP contribution >= 0.6 is 15.9 Å². The molecule has 0 aliphatic rings. The molecular weight excluding hydrogens is 356 g/mol. The molecule has 2 N–H and O–H groups in total. The second-order valence-electron chi connectivity index (χ2n) is 5.57. The highest BCUT2D eigenvalue weighted by molar-refractivity contribution is 9.10. The third kappa shape index (κ3) is 4.56. The van der Waals surface area contributed by atoms with E-state index in [2.05, 4.69) is 41.1 Å². The Bertz CT molecular complexity index is 686. The van der Waals surface area contributed by atoms with Crippen LogP contribution in [0.3, 0.4) is 0 Å². The van der Waals surface area contributed by atoms with Gasteiger partial charge in [0, 0.05) is 16.3 Å². The Morgan fingerprint density at radius 2 is 2.00 bits per heavy atom. The second kappa shape index (κ2) is 8.13. The summed E-state index contributed by atoms with van der Waals surface area (Å²) in [5.74, 6) is 1.10. The van der Waals surface area contributed by atoms with Crippen molar-refractivity contribution < 1.29 is 14.7 Å². The molecule has 0 spiro atoms. The topological polar surface area (TPSA) is 46.3 Å². The standard InChI is InChI=1S/C18H21BrN2O2/c1-21(2)16(15-6-4-5-7-18(15)23-3)12-20-11-13-10-14(19)8-9-17(13)22/h4-11,16,22H,12H2,1-3H3/p+1/t16-/m1/s1. The van der Waals surface area contributed by atoms with Gasteiger partial charge in [-0.1, -0.05) is 28.1 Å².